The highest BCUT2D eigenvalue weighted by Gasteiger charge is 2.05. The third-order valence-electron chi connectivity index (χ3n) is 2.76. The molecule has 0 atom stereocenters. The summed E-state index contributed by atoms with van der Waals surface area (Å²) in [4.78, 5) is 8.33. The van der Waals surface area contributed by atoms with E-state index in [1.807, 2.05) is 47.3 Å². The average molecular weight is 234 g/mol. The molecule has 0 aliphatic heterocycles. The van der Waals surface area contributed by atoms with Crippen molar-refractivity contribution >= 4 is 0 Å². The summed E-state index contributed by atoms with van der Waals surface area (Å²) in [5.41, 5.74) is 2.34. The standard InChI is InChI=1S/C15H12N3/c1-2-8-17-15(3-1)18-11-6-14(7-12-18)13-4-9-16-10-5-13/h1-12H/q+1. The topological polar surface area (TPSA) is 29.7 Å². The molecule has 0 aromatic carbocycles. The number of rotatable bonds is 2. The van der Waals surface area contributed by atoms with Crippen molar-refractivity contribution in [3.05, 3.63) is 73.4 Å². The number of hydrogen-bond donors (Lipinski definition) is 0. The Hall–Kier alpha value is -2.55. The summed E-state index contributed by atoms with van der Waals surface area (Å²) in [7, 11) is 0. The quantitative estimate of drug-likeness (QED) is 0.637. The Morgan fingerprint density at radius 1 is 0.722 bits per heavy atom. The van der Waals surface area contributed by atoms with E-state index in [0.29, 0.717) is 0 Å². The zero-order valence-electron chi connectivity index (χ0n) is 9.77. The van der Waals surface area contributed by atoms with Crippen LogP contribution in [0.1, 0.15) is 0 Å². The number of aromatic nitrogens is 3. The van der Waals surface area contributed by atoms with Gasteiger partial charge in [0.25, 0.3) is 0 Å². The van der Waals surface area contributed by atoms with Gasteiger partial charge in [0.05, 0.1) is 12.4 Å². The van der Waals surface area contributed by atoms with Gasteiger partial charge in [0, 0.05) is 18.5 Å². The summed E-state index contributed by atoms with van der Waals surface area (Å²) in [5.74, 6) is 0.916. The average Bonchev–Trinajstić information content (AvgIpc) is 2.49. The van der Waals surface area contributed by atoms with E-state index < -0.39 is 0 Å². The van der Waals surface area contributed by atoms with Crippen LogP contribution in [0.25, 0.3) is 16.9 Å². The summed E-state index contributed by atoms with van der Waals surface area (Å²) in [5, 5.41) is 0. The van der Waals surface area contributed by atoms with Crippen molar-refractivity contribution in [1.82, 2.24) is 9.97 Å². The van der Waals surface area contributed by atoms with Crippen LogP contribution in [-0.4, -0.2) is 9.97 Å². The first-order valence-corrected chi connectivity index (χ1v) is 5.76. The lowest BCUT2D eigenvalue weighted by Crippen LogP contribution is -2.30. The van der Waals surface area contributed by atoms with Crippen molar-refractivity contribution in [1.29, 1.82) is 0 Å². The van der Waals surface area contributed by atoms with Gasteiger partial charge in [-0.1, -0.05) is 6.07 Å². The van der Waals surface area contributed by atoms with E-state index in [2.05, 4.69) is 22.1 Å². The Bertz CT molecular complexity index is 560. The minimum Gasteiger partial charge on any atom is -0.265 e. The Labute approximate surface area is 105 Å². The summed E-state index contributed by atoms with van der Waals surface area (Å²) in [6, 6.07) is 14.0. The Morgan fingerprint density at radius 2 is 1.44 bits per heavy atom. The molecule has 18 heavy (non-hydrogen) atoms. The molecule has 86 valence electrons. The van der Waals surface area contributed by atoms with Gasteiger partial charge in [-0.25, -0.2) is 4.57 Å². The van der Waals surface area contributed by atoms with Crippen molar-refractivity contribution in [3.8, 4) is 16.9 Å². The molecule has 0 bridgehead atoms. The molecule has 0 saturated carbocycles. The highest BCUT2D eigenvalue weighted by Crippen LogP contribution is 2.15. The molecule has 0 unspecified atom stereocenters. The predicted molar refractivity (Wildman–Crippen MR) is 69.0 cm³/mol. The van der Waals surface area contributed by atoms with Crippen LogP contribution in [0, 0.1) is 0 Å². The Balaban J connectivity index is 1.95. The third kappa shape index (κ3) is 2.11. The molecular weight excluding hydrogens is 222 g/mol. The molecule has 0 radical (unpaired) electrons. The van der Waals surface area contributed by atoms with Gasteiger partial charge in [-0.3, -0.25) is 4.98 Å². The fourth-order valence-corrected chi connectivity index (χ4v) is 1.82. The van der Waals surface area contributed by atoms with Crippen LogP contribution in [-0.2, 0) is 0 Å². The fourth-order valence-electron chi connectivity index (χ4n) is 1.82. The summed E-state index contributed by atoms with van der Waals surface area (Å²) < 4.78 is 1.99. The van der Waals surface area contributed by atoms with Crippen LogP contribution in [0.2, 0.25) is 0 Å². The molecule has 3 heterocycles. The molecule has 0 amide bonds. The van der Waals surface area contributed by atoms with Crippen molar-refractivity contribution in [2.75, 3.05) is 0 Å². The van der Waals surface area contributed by atoms with Gasteiger partial charge in [-0.2, -0.15) is 0 Å². The first kappa shape index (κ1) is 10.6. The minimum atomic E-state index is 0.916. The lowest BCUT2D eigenvalue weighted by Gasteiger charge is -2.01. The molecule has 3 aromatic rings. The van der Waals surface area contributed by atoms with Crippen LogP contribution in [0.4, 0.5) is 0 Å². The maximum absolute atomic E-state index is 4.30. The van der Waals surface area contributed by atoms with Gasteiger partial charge < -0.3 is 0 Å². The van der Waals surface area contributed by atoms with E-state index >= 15 is 0 Å². The van der Waals surface area contributed by atoms with Crippen LogP contribution < -0.4 is 4.57 Å². The maximum atomic E-state index is 4.30. The van der Waals surface area contributed by atoms with Crippen molar-refractivity contribution in [2.24, 2.45) is 0 Å². The lowest BCUT2D eigenvalue weighted by atomic mass is 10.1. The van der Waals surface area contributed by atoms with Crippen LogP contribution in [0.5, 0.6) is 0 Å². The molecule has 0 N–H and O–H groups in total. The second kappa shape index (κ2) is 4.75. The van der Waals surface area contributed by atoms with Gasteiger partial charge >= 0.3 is 5.82 Å². The van der Waals surface area contributed by atoms with E-state index in [1.54, 1.807) is 18.6 Å². The van der Waals surface area contributed by atoms with E-state index in [0.717, 1.165) is 11.4 Å². The van der Waals surface area contributed by atoms with E-state index in [1.165, 1.54) is 5.56 Å². The molecule has 0 aliphatic carbocycles. The van der Waals surface area contributed by atoms with Gasteiger partial charge in [0.15, 0.2) is 0 Å². The summed E-state index contributed by atoms with van der Waals surface area (Å²) in [6.07, 6.45) is 9.42. The molecule has 3 aromatic heterocycles. The van der Waals surface area contributed by atoms with Gasteiger partial charge in [-0.05, 0) is 46.4 Å². The van der Waals surface area contributed by atoms with Gasteiger partial charge in [0.2, 0.25) is 0 Å². The third-order valence-corrected chi connectivity index (χ3v) is 2.76. The Morgan fingerprint density at radius 3 is 2.11 bits per heavy atom. The van der Waals surface area contributed by atoms with Crippen LogP contribution in [0.3, 0.4) is 0 Å². The lowest BCUT2D eigenvalue weighted by molar-refractivity contribution is -0.599. The summed E-state index contributed by atoms with van der Waals surface area (Å²) in [6.45, 7) is 0. The molecule has 3 rings (SSSR count). The molecule has 0 saturated heterocycles. The number of hydrogen-bond acceptors (Lipinski definition) is 2. The molecular formula is C15H12N3+. The zero-order chi connectivity index (χ0) is 12.2. The van der Waals surface area contributed by atoms with Gasteiger partial charge in [-0.15, -0.1) is 0 Å². The van der Waals surface area contributed by atoms with E-state index in [4.69, 9.17) is 0 Å². The normalized spacial score (nSPS) is 10.2. The highest BCUT2D eigenvalue weighted by molar-refractivity contribution is 5.61. The first-order valence-electron chi connectivity index (χ1n) is 5.76. The molecule has 0 aliphatic rings. The first-order chi connectivity index (χ1) is 8.93. The predicted octanol–water partition coefficient (Wildman–Crippen LogP) is 2.42. The van der Waals surface area contributed by atoms with Crippen molar-refractivity contribution in [2.45, 2.75) is 0 Å². The van der Waals surface area contributed by atoms with Crippen molar-refractivity contribution in [3.63, 3.8) is 0 Å². The summed E-state index contributed by atoms with van der Waals surface area (Å²) >= 11 is 0. The molecule has 0 fully saturated rings. The fraction of sp³-hybridized carbons (Fsp3) is 0. The smallest absolute Gasteiger partial charge is 0.265 e. The monoisotopic (exact) mass is 234 g/mol. The number of nitrogens with zero attached hydrogens (tertiary/aromatic N) is 3. The SMILES string of the molecule is c1ccc(-[n+]2ccc(-c3ccncc3)cc2)nc1. The minimum absolute atomic E-state index is 0.916. The Kier molecular flexibility index (Phi) is 2.80. The van der Waals surface area contributed by atoms with E-state index in [9.17, 15) is 0 Å². The molecule has 3 heteroatoms. The van der Waals surface area contributed by atoms with Crippen molar-refractivity contribution < 1.29 is 4.57 Å². The second-order valence-electron chi connectivity index (χ2n) is 3.92. The second-order valence-corrected chi connectivity index (χ2v) is 3.92. The van der Waals surface area contributed by atoms with Crippen LogP contribution >= 0.6 is 0 Å². The highest BCUT2D eigenvalue weighted by atomic mass is 15.0. The largest absolute Gasteiger partial charge is 0.327 e. The zero-order valence-corrected chi connectivity index (χ0v) is 9.77. The maximum Gasteiger partial charge on any atom is 0.327 e. The molecule has 3 nitrogen and oxygen atoms in total. The van der Waals surface area contributed by atoms with Gasteiger partial charge in [0.1, 0.15) is 6.20 Å². The number of pyridine rings is 3. The van der Waals surface area contributed by atoms with Crippen LogP contribution in [0.15, 0.2) is 73.4 Å². The molecule has 0 spiro atoms. The van der Waals surface area contributed by atoms with E-state index in [-0.39, 0.29) is 0 Å².